The summed E-state index contributed by atoms with van der Waals surface area (Å²) >= 11 is 1.41. The molecular weight excluding hydrogens is 453 g/mol. The van der Waals surface area contributed by atoms with Crippen LogP contribution in [0, 0.1) is 0 Å². The topological polar surface area (TPSA) is 75.7 Å². The highest BCUT2D eigenvalue weighted by molar-refractivity contribution is 7.89. The van der Waals surface area contributed by atoms with Crippen LogP contribution in [0.4, 0.5) is 18.9 Å². The van der Waals surface area contributed by atoms with E-state index in [1.54, 1.807) is 18.2 Å². The third kappa shape index (κ3) is 6.55. The van der Waals surface area contributed by atoms with Gasteiger partial charge in [0.15, 0.2) is 6.61 Å². The first-order valence-electron chi connectivity index (χ1n) is 9.51. The lowest BCUT2D eigenvalue weighted by molar-refractivity contribution is -0.153. The molecule has 0 radical (unpaired) electrons. The van der Waals surface area contributed by atoms with E-state index in [1.807, 2.05) is 5.38 Å². The molecule has 0 saturated carbocycles. The molecule has 0 unspecified atom stereocenters. The molecule has 0 bridgehead atoms. The average molecular weight is 475 g/mol. The number of benzene rings is 1. The molecule has 1 N–H and O–H groups in total. The van der Waals surface area contributed by atoms with Crippen molar-refractivity contribution in [1.29, 1.82) is 0 Å². The first kappa shape index (κ1) is 23.3. The number of nitrogens with one attached hydrogen (secondary N) is 1. The van der Waals surface area contributed by atoms with E-state index in [0.29, 0.717) is 13.1 Å². The molecule has 1 aromatic heterocycles. The van der Waals surface area contributed by atoms with Crippen molar-refractivity contribution in [2.75, 3.05) is 25.0 Å². The van der Waals surface area contributed by atoms with E-state index in [-0.39, 0.29) is 16.3 Å². The van der Waals surface area contributed by atoms with Gasteiger partial charge in [-0.05, 0) is 48.6 Å². The van der Waals surface area contributed by atoms with Crippen molar-refractivity contribution in [3.05, 3.63) is 46.7 Å². The summed E-state index contributed by atoms with van der Waals surface area (Å²) in [5.74, 6) is -0.898. The summed E-state index contributed by atoms with van der Waals surface area (Å²) in [6.07, 6.45) is 0.592. The van der Waals surface area contributed by atoms with Crippen LogP contribution in [0.5, 0.6) is 5.75 Å². The number of nitrogens with zero attached hydrogens (tertiary/aromatic N) is 1. The summed E-state index contributed by atoms with van der Waals surface area (Å²) in [6, 6.07) is 7.04. The summed E-state index contributed by atoms with van der Waals surface area (Å²) in [7, 11) is -3.84. The number of carbonyl (C=O) groups is 1. The van der Waals surface area contributed by atoms with Crippen molar-refractivity contribution in [3.63, 3.8) is 0 Å². The number of anilines is 1. The van der Waals surface area contributed by atoms with Gasteiger partial charge >= 0.3 is 6.18 Å². The highest BCUT2D eigenvalue weighted by Crippen LogP contribution is 2.31. The van der Waals surface area contributed by atoms with Gasteiger partial charge in [0.05, 0.1) is 10.6 Å². The largest absolute Gasteiger partial charge is 0.482 e. The van der Waals surface area contributed by atoms with Crippen molar-refractivity contribution < 1.29 is 31.1 Å². The SMILES string of the molecule is O=C(C=Cc1cccs1)Nc1cc(S(=O)(=O)N2CCCCC2)ccc1OCC(F)(F)F. The predicted molar refractivity (Wildman–Crippen MR) is 113 cm³/mol. The monoisotopic (exact) mass is 474 g/mol. The molecule has 1 amide bonds. The Balaban J connectivity index is 1.86. The molecule has 168 valence electrons. The minimum atomic E-state index is -4.58. The van der Waals surface area contributed by atoms with E-state index in [0.717, 1.165) is 36.3 Å². The second-order valence-corrected chi connectivity index (χ2v) is 9.78. The second kappa shape index (κ2) is 9.84. The zero-order valence-electron chi connectivity index (χ0n) is 16.4. The standard InChI is InChI=1S/C20H21F3N2O4S2/c21-20(22,23)14-29-18-8-7-16(31(27,28)25-10-2-1-3-11-25)13-17(18)24-19(26)9-6-15-5-4-12-30-15/h4-9,12-13H,1-3,10-11,14H2,(H,24,26). The van der Waals surface area contributed by atoms with Gasteiger partial charge in [0, 0.05) is 24.0 Å². The Morgan fingerprint density at radius 1 is 1.19 bits per heavy atom. The van der Waals surface area contributed by atoms with Crippen molar-refractivity contribution in [2.24, 2.45) is 0 Å². The van der Waals surface area contributed by atoms with Gasteiger partial charge in [-0.1, -0.05) is 12.5 Å². The number of halogens is 3. The van der Waals surface area contributed by atoms with Crippen LogP contribution >= 0.6 is 11.3 Å². The Morgan fingerprint density at radius 3 is 2.58 bits per heavy atom. The number of ether oxygens (including phenoxy) is 1. The Hall–Kier alpha value is -2.37. The van der Waals surface area contributed by atoms with E-state index >= 15 is 0 Å². The van der Waals surface area contributed by atoms with Gasteiger partial charge in [0.2, 0.25) is 15.9 Å². The molecule has 31 heavy (non-hydrogen) atoms. The summed E-state index contributed by atoms with van der Waals surface area (Å²) in [5, 5.41) is 4.26. The first-order chi connectivity index (χ1) is 14.6. The molecule has 0 aliphatic carbocycles. The number of sulfonamides is 1. The van der Waals surface area contributed by atoms with Gasteiger partial charge in [-0.3, -0.25) is 4.79 Å². The minimum absolute atomic E-state index is 0.119. The molecule has 3 rings (SSSR count). The quantitative estimate of drug-likeness (QED) is 0.599. The zero-order chi connectivity index (χ0) is 22.5. The van der Waals surface area contributed by atoms with Crippen LogP contribution in [-0.4, -0.2) is 44.5 Å². The van der Waals surface area contributed by atoms with E-state index in [9.17, 15) is 26.4 Å². The van der Waals surface area contributed by atoms with E-state index in [4.69, 9.17) is 4.74 Å². The van der Waals surface area contributed by atoms with Crippen molar-refractivity contribution in [3.8, 4) is 5.75 Å². The fourth-order valence-electron chi connectivity index (χ4n) is 3.03. The Labute approximate surface area is 182 Å². The van der Waals surface area contributed by atoms with Crippen molar-refractivity contribution in [1.82, 2.24) is 4.31 Å². The number of rotatable bonds is 7. The fraction of sp³-hybridized carbons (Fsp3) is 0.350. The van der Waals surface area contributed by atoms with Crippen LogP contribution < -0.4 is 10.1 Å². The van der Waals surface area contributed by atoms with Crippen LogP contribution in [0.15, 0.2) is 46.7 Å². The van der Waals surface area contributed by atoms with Crippen LogP contribution in [0.2, 0.25) is 0 Å². The van der Waals surface area contributed by atoms with Gasteiger partial charge in [0.25, 0.3) is 0 Å². The normalized spacial score (nSPS) is 15.8. The van der Waals surface area contributed by atoms with Crippen LogP contribution in [0.25, 0.3) is 6.08 Å². The molecule has 1 saturated heterocycles. The Morgan fingerprint density at radius 2 is 1.94 bits per heavy atom. The Kier molecular flexibility index (Phi) is 7.39. The molecule has 1 aromatic carbocycles. The summed E-state index contributed by atoms with van der Waals surface area (Å²) in [4.78, 5) is 13.0. The highest BCUT2D eigenvalue weighted by atomic mass is 32.2. The van der Waals surface area contributed by atoms with Crippen molar-refractivity contribution in [2.45, 2.75) is 30.3 Å². The first-order valence-corrected chi connectivity index (χ1v) is 11.8. The maximum Gasteiger partial charge on any atom is 0.422 e. The van der Waals surface area contributed by atoms with Gasteiger partial charge in [-0.15, -0.1) is 11.3 Å². The van der Waals surface area contributed by atoms with E-state index < -0.39 is 28.7 Å². The molecule has 2 aromatic rings. The Bertz CT molecular complexity index is 1030. The third-order valence-electron chi connectivity index (χ3n) is 4.50. The molecule has 1 aliphatic rings. The van der Waals surface area contributed by atoms with E-state index in [1.165, 1.54) is 27.8 Å². The molecule has 1 fully saturated rings. The zero-order valence-corrected chi connectivity index (χ0v) is 18.0. The fourth-order valence-corrected chi connectivity index (χ4v) is 5.19. The lowest BCUT2D eigenvalue weighted by atomic mass is 10.2. The molecule has 0 atom stereocenters. The predicted octanol–water partition coefficient (Wildman–Crippen LogP) is 4.52. The van der Waals surface area contributed by atoms with Gasteiger partial charge in [-0.25, -0.2) is 8.42 Å². The number of alkyl halides is 3. The van der Waals surface area contributed by atoms with Gasteiger partial charge in [-0.2, -0.15) is 17.5 Å². The highest BCUT2D eigenvalue weighted by Gasteiger charge is 2.30. The maximum atomic E-state index is 12.9. The maximum absolute atomic E-state index is 12.9. The number of piperidine rings is 1. The summed E-state index contributed by atoms with van der Waals surface area (Å²) in [5.41, 5.74) is -0.150. The second-order valence-electron chi connectivity index (χ2n) is 6.86. The molecule has 2 heterocycles. The summed E-state index contributed by atoms with van der Waals surface area (Å²) in [6.45, 7) is -0.821. The smallest absolute Gasteiger partial charge is 0.422 e. The number of hydrogen-bond donors (Lipinski definition) is 1. The molecule has 0 spiro atoms. The number of carbonyl (C=O) groups excluding carboxylic acids is 1. The summed E-state index contributed by atoms with van der Waals surface area (Å²) < 4.78 is 69.8. The number of hydrogen-bond acceptors (Lipinski definition) is 5. The lowest BCUT2D eigenvalue weighted by Gasteiger charge is -2.26. The van der Waals surface area contributed by atoms with Crippen LogP contribution in [0.3, 0.4) is 0 Å². The van der Waals surface area contributed by atoms with Crippen LogP contribution in [0.1, 0.15) is 24.1 Å². The van der Waals surface area contributed by atoms with Gasteiger partial charge < -0.3 is 10.1 Å². The average Bonchev–Trinajstić information content (AvgIpc) is 3.25. The van der Waals surface area contributed by atoms with Gasteiger partial charge in [0.1, 0.15) is 5.75 Å². The van der Waals surface area contributed by atoms with Crippen molar-refractivity contribution >= 4 is 39.0 Å². The minimum Gasteiger partial charge on any atom is -0.482 e. The van der Waals surface area contributed by atoms with Crippen LogP contribution in [-0.2, 0) is 14.8 Å². The number of thiophene rings is 1. The lowest BCUT2D eigenvalue weighted by Crippen LogP contribution is -2.35. The molecule has 6 nitrogen and oxygen atoms in total. The molecule has 1 aliphatic heterocycles. The molecular formula is C20H21F3N2O4S2. The number of amides is 1. The van der Waals surface area contributed by atoms with E-state index in [2.05, 4.69) is 5.32 Å². The molecule has 11 heteroatoms. The third-order valence-corrected chi connectivity index (χ3v) is 7.23.